The Morgan fingerprint density at radius 3 is 2.67 bits per heavy atom. The number of Topliss-reactive ketones (excluding diaryl/α,β-unsaturated/α-hetero) is 1. The Kier molecular flexibility index (Phi) is 3.83. The number of rotatable bonds is 3. The zero-order valence-electron chi connectivity index (χ0n) is 12.7. The van der Waals surface area contributed by atoms with Gasteiger partial charge in [0, 0.05) is 23.1 Å². The molecule has 1 aliphatic carbocycles. The lowest BCUT2D eigenvalue weighted by atomic mass is 9.76. The highest BCUT2D eigenvalue weighted by Gasteiger charge is 2.39. The number of ketones is 1. The quantitative estimate of drug-likeness (QED) is 0.849. The van der Waals surface area contributed by atoms with Crippen LogP contribution in [0.25, 0.3) is 0 Å². The van der Waals surface area contributed by atoms with Crippen LogP contribution in [-0.4, -0.2) is 11.7 Å². The summed E-state index contributed by atoms with van der Waals surface area (Å²) >= 11 is 0. The molecule has 0 atom stereocenters. The fourth-order valence-corrected chi connectivity index (χ4v) is 3.81. The highest BCUT2D eigenvalue weighted by molar-refractivity contribution is 6.02. The lowest BCUT2D eigenvalue weighted by Gasteiger charge is -2.26. The third kappa shape index (κ3) is 2.61. The van der Waals surface area contributed by atoms with Crippen molar-refractivity contribution in [3.05, 3.63) is 29.3 Å². The number of hydrogen-bond acceptors (Lipinski definition) is 2. The number of benzene rings is 1. The van der Waals surface area contributed by atoms with Crippen LogP contribution in [0, 0.1) is 5.41 Å². The van der Waals surface area contributed by atoms with Crippen molar-refractivity contribution in [1.82, 2.24) is 0 Å². The summed E-state index contributed by atoms with van der Waals surface area (Å²) in [5, 5.41) is 2.93. The molecule has 1 amide bonds. The van der Waals surface area contributed by atoms with Crippen molar-refractivity contribution in [1.29, 1.82) is 0 Å². The summed E-state index contributed by atoms with van der Waals surface area (Å²) in [5.41, 5.74) is 2.68. The van der Waals surface area contributed by atoms with Crippen LogP contribution in [0.5, 0.6) is 0 Å². The first kappa shape index (κ1) is 14.3. The Morgan fingerprint density at radius 1 is 1.19 bits per heavy atom. The Balaban J connectivity index is 1.91. The molecule has 2 aliphatic rings. The van der Waals surface area contributed by atoms with Crippen molar-refractivity contribution < 1.29 is 9.59 Å². The number of amides is 1. The van der Waals surface area contributed by atoms with Crippen molar-refractivity contribution in [2.75, 3.05) is 5.32 Å². The van der Waals surface area contributed by atoms with Crippen LogP contribution in [0.4, 0.5) is 5.69 Å². The fraction of sp³-hybridized carbons (Fsp3) is 0.556. The molecule has 112 valence electrons. The number of anilines is 1. The van der Waals surface area contributed by atoms with E-state index in [2.05, 4.69) is 12.2 Å². The van der Waals surface area contributed by atoms with Crippen molar-refractivity contribution >= 4 is 17.4 Å². The number of carbonyl (C=O) groups is 2. The minimum atomic E-state index is -0.137. The highest BCUT2D eigenvalue weighted by Crippen LogP contribution is 2.43. The van der Waals surface area contributed by atoms with E-state index in [0.717, 1.165) is 48.9 Å². The van der Waals surface area contributed by atoms with Gasteiger partial charge in [0.05, 0.1) is 0 Å². The average Bonchev–Trinajstić information content (AvgIpc) is 2.90. The zero-order chi connectivity index (χ0) is 14.9. The molecule has 1 aromatic rings. The Hall–Kier alpha value is -1.64. The summed E-state index contributed by atoms with van der Waals surface area (Å²) in [4.78, 5) is 24.5. The smallest absolute Gasteiger partial charge is 0.224 e. The van der Waals surface area contributed by atoms with Gasteiger partial charge in [0.2, 0.25) is 5.91 Å². The van der Waals surface area contributed by atoms with E-state index in [9.17, 15) is 9.59 Å². The third-order valence-corrected chi connectivity index (χ3v) is 5.21. The molecular formula is C18H23NO2. The maximum Gasteiger partial charge on any atom is 0.224 e. The molecule has 1 aliphatic heterocycles. The number of carbonyl (C=O) groups excluding carboxylic acids is 2. The maximum atomic E-state index is 12.9. The number of fused-ring (bicyclic) bond motifs is 1. The second-order valence-corrected chi connectivity index (χ2v) is 6.44. The summed E-state index contributed by atoms with van der Waals surface area (Å²) in [6, 6.07) is 5.81. The summed E-state index contributed by atoms with van der Waals surface area (Å²) in [6.45, 7) is 2.13. The molecule has 1 aromatic carbocycles. The van der Waals surface area contributed by atoms with Crippen molar-refractivity contribution in [2.45, 2.75) is 58.3 Å². The van der Waals surface area contributed by atoms with E-state index < -0.39 is 0 Å². The monoisotopic (exact) mass is 285 g/mol. The van der Waals surface area contributed by atoms with E-state index in [4.69, 9.17) is 0 Å². The molecule has 0 aromatic heterocycles. The molecule has 3 heteroatoms. The van der Waals surface area contributed by atoms with Gasteiger partial charge in [0.25, 0.3) is 0 Å². The van der Waals surface area contributed by atoms with Crippen LogP contribution in [0.1, 0.15) is 67.8 Å². The lowest BCUT2D eigenvalue weighted by molar-refractivity contribution is -0.116. The van der Waals surface area contributed by atoms with Gasteiger partial charge < -0.3 is 5.32 Å². The molecule has 0 unspecified atom stereocenters. The average molecular weight is 285 g/mol. The molecule has 1 N–H and O–H groups in total. The van der Waals surface area contributed by atoms with E-state index in [1.54, 1.807) is 0 Å². The van der Waals surface area contributed by atoms with Gasteiger partial charge in [0.1, 0.15) is 0 Å². The van der Waals surface area contributed by atoms with Gasteiger partial charge in [-0.15, -0.1) is 0 Å². The van der Waals surface area contributed by atoms with E-state index in [0.29, 0.717) is 12.2 Å². The minimum Gasteiger partial charge on any atom is -0.326 e. The van der Waals surface area contributed by atoms with E-state index in [1.807, 2.05) is 18.2 Å². The molecule has 0 spiro atoms. The summed E-state index contributed by atoms with van der Waals surface area (Å²) in [7, 11) is 0. The maximum absolute atomic E-state index is 12.9. The minimum absolute atomic E-state index is 0.0775. The van der Waals surface area contributed by atoms with Crippen LogP contribution in [0.2, 0.25) is 0 Å². The normalized spacial score (nSPS) is 20.5. The molecule has 3 nitrogen and oxygen atoms in total. The van der Waals surface area contributed by atoms with Crippen LogP contribution in [0.15, 0.2) is 18.2 Å². The Labute approximate surface area is 126 Å². The summed E-state index contributed by atoms with van der Waals surface area (Å²) in [6.07, 6.45) is 7.60. The van der Waals surface area contributed by atoms with Gasteiger partial charge in [-0.3, -0.25) is 9.59 Å². The predicted molar refractivity (Wildman–Crippen MR) is 83.5 cm³/mol. The molecule has 0 radical (unpaired) electrons. The molecule has 3 rings (SSSR count). The van der Waals surface area contributed by atoms with Crippen LogP contribution in [0.3, 0.4) is 0 Å². The molecule has 1 saturated carbocycles. The molecule has 0 saturated heterocycles. The van der Waals surface area contributed by atoms with Gasteiger partial charge >= 0.3 is 0 Å². The second kappa shape index (κ2) is 5.63. The Morgan fingerprint density at radius 2 is 1.95 bits per heavy atom. The second-order valence-electron chi connectivity index (χ2n) is 6.44. The number of hydrogen-bond donors (Lipinski definition) is 1. The van der Waals surface area contributed by atoms with Crippen LogP contribution in [-0.2, 0) is 11.2 Å². The van der Waals surface area contributed by atoms with E-state index in [-0.39, 0.29) is 11.3 Å². The van der Waals surface area contributed by atoms with Gasteiger partial charge in [0.15, 0.2) is 5.78 Å². The van der Waals surface area contributed by atoms with E-state index >= 15 is 0 Å². The molecule has 21 heavy (non-hydrogen) atoms. The molecule has 1 heterocycles. The van der Waals surface area contributed by atoms with Gasteiger partial charge in [-0.2, -0.15) is 0 Å². The Bertz CT molecular complexity index is 571. The van der Waals surface area contributed by atoms with Gasteiger partial charge in [-0.05, 0) is 55.9 Å². The fourth-order valence-electron chi connectivity index (χ4n) is 3.81. The van der Waals surface area contributed by atoms with E-state index in [1.165, 1.54) is 12.8 Å². The highest BCUT2D eigenvalue weighted by atomic mass is 16.1. The van der Waals surface area contributed by atoms with Crippen molar-refractivity contribution in [3.63, 3.8) is 0 Å². The van der Waals surface area contributed by atoms with Crippen LogP contribution < -0.4 is 5.32 Å². The van der Waals surface area contributed by atoms with Gasteiger partial charge in [-0.25, -0.2) is 0 Å². The first-order valence-electron chi connectivity index (χ1n) is 8.12. The van der Waals surface area contributed by atoms with Crippen LogP contribution >= 0.6 is 0 Å². The predicted octanol–water partition coefficient (Wildman–Crippen LogP) is 4.11. The van der Waals surface area contributed by atoms with Crippen molar-refractivity contribution in [2.24, 2.45) is 5.41 Å². The molecular weight excluding hydrogens is 262 g/mol. The topological polar surface area (TPSA) is 46.2 Å². The number of aryl methyl sites for hydroxylation is 1. The van der Waals surface area contributed by atoms with Crippen molar-refractivity contribution in [3.8, 4) is 0 Å². The first-order valence-corrected chi connectivity index (χ1v) is 8.12. The zero-order valence-corrected chi connectivity index (χ0v) is 12.7. The number of nitrogens with one attached hydrogen (secondary N) is 1. The first-order chi connectivity index (χ1) is 10.1. The summed E-state index contributed by atoms with van der Waals surface area (Å²) < 4.78 is 0. The molecule has 0 bridgehead atoms. The largest absolute Gasteiger partial charge is 0.326 e. The summed E-state index contributed by atoms with van der Waals surface area (Å²) in [5.74, 6) is 0.384. The van der Waals surface area contributed by atoms with Gasteiger partial charge in [-0.1, -0.05) is 19.8 Å². The standard InChI is InChI=1S/C18H23NO2/c1-2-18(10-3-4-11-18)17(21)14-8-9-15-13(12-14)6-5-7-16(20)19-15/h8-9,12H,2-7,10-11H2,1H3,(H,19,20). The third-order valence-electron chi connectivity index (χ3n) is 5.21. The molecule has 1 fully saturated rings. The SMILES string of the molecule is CCC1(C(=O)c2ccc3c(c2)CCCC(=O)N3)CCCC1. The lowest BCUT2D eigenvalue weighted by Crippen LogP contribution is -2.27.